The zero-order chi connectivity index (χ0) is 14.8. The van der Waals surface area contributed by atoms with Crippen molar-refractivity contribution in [3.8, 4) is 0 Å². The van der Waals surface area contributed by atoms with Gasteiger partial charge in [-0.2, -0.15) is 0 Å². The Morgan fingerprint density at radius 2 is 1.86 bits per heavy atom. The van der Waals surface area contributed by atoms with Crippen molar-refractivity contribution in [3.05, 3.63) is 59.1 Å². The van der Waals surface area contributed by atoms with E-state index in [1.807, 2.05) is 18.2 Å². The number of carbonyl (C=O) groups excluding carboxylic acids is 2. The molecule has 0 aromatic heterocycles. The second-order valence-corrected chi connectivity index (χ2v) is 5.32. The molecule has 0 aliphatic carbocycles. The predicted molar refractivity (Wildman–Crippen MR) is 82.5 cm³/mol. The van der Waals surface area contributed by atoms with Gasteiger partial charge in [0.1, 0.15) is 0 Å². The zero-order valence-corrected chi connectivity index (χ0v) is 11.9. The summed E-state index contributed by atoms with van der Waals surface area (Å²) in [6, 6.07) is 14.2. The number of nitrogens with one attached hydrogen (secondary N) is 2. The van der Waals surface area contributed by atoms with Crippen LogP contribution in [0.1, 0.15) is 17.9 Å². The average Bonchev–Trinajstić information content (AvgIpc) is 2.48. The molecule has 1 aliphatic rings. The lowest BCUT2D eigenvalue weighted by molar-refractivity contribution is -0.123. The van der Waals surface area contributed by atoms with Crippen molar-refractivity contribution in [1.82, 2.24) is 0 Å². The molecule has 0 spiro atoms. The Hall–Kier alpha value is -2.33. The first-order valence-corrected chi connectivity index (χ1v) is 6.96. The minimum absolute atomic E-state index is 0.148. The van der Waals surface area contributed by atoms with Crippen molar-refractivity contribution in [3.63, 3.8) is 0 Å². The summed E-state index contributed by atoms with van der Waals surface area (Å²) in [5, 5.41) is 6.21. The topological polar surface area (TPSA) is 58.2 Å². The summed E-state index contributed by atoms with van der Waals surface area (Å²) in [5.41, 5.74) is 2.20. The molecule has 0 radical (unpaired) electrons. The minimum atomic E-state index is -0.481. The highest BCUT2D eigenvalue weighted by atomic mass is 35.5. The quantitative estimate of drug-likeness (QED) is 0.893. The summed E-state index contributed by atoms with van der Waals surface area (Å²) >= 11 is 5.82. The fraction of sp³-hybridized carbons (Fsp3) is 0.125. The summed E-state index contributed by atoms with van der Waals surface area (Å²) in [7, 11) is 0. The van der Waals surface area contributed by atoms with Gasteiger partial charge in [0.25, 0.3) is 0 Å². The smallest absolute Gasteiger partial charge is 0.232 e. The molecule has 1 atom stereocenters. The standard InChI is InChI=1S/C16H13ClN2O2/c17-10-5-7-11(8-6-10)18-16(21)13-9-15(20)19-14-4-2-1-3-12(13)14/h1-8,13H,9H2,(H,18,21)(H,19,20)/t13-/m0/s1. The summed E-state index contributed by atoms with van der Waals surface area (Å²) in [6.07, 6.45) is 0.149. The third-order valence-corrected chi connectivity index (χ3v) is 3.68. The van der Waals surface area contributed by atoms with Crippen LogP contribution in [0.25, 0.3) is 0 Å². The average molecular weight is 301 g/mol. The first-order chi connectivity index (χ1) is 10.1. The largest absolute Gasteiger partial charge is 0.326 e. The molecule has 5 heteroatoms. The molecular formula is C16H13ClN2O2. The van der Waals surface area contributed by atoms with Crippen LogP contribution in [-0.2, 0) is 9.59 Å². The SMILES string of the molecule is O=C1C[C@H](C(=O)Nc2ccc(Cl)cc2)c2ccccc2N1. The maximum Gasteiger partial charge on any atom is 0.232 e. The van der Waals surface area contributed by atoms with Crippen LogP contribution in [0.2, 0.25) is 5.02 Å². The Bertz CT molecular complexity index is 698. The Morgan fingerprint density at radius 1 is 1.14 bits per heavy atom. The summed E-state index contributed by atoms with van der Waals surface area (Å²) in [5.74, 6) is -0.824. The van der Waals surface area contributed by atoms with Crippen molar-refractivity contribution < 1.29 is 9.59 Å². The van der Waals surface area contributed by atoms with Gasteiger partial charge in [0.15, 0.2) is 0 Å². The van der Waals surface area contributed by atoms with E-state index in [-0.39, 0.29) is 18.2 Å². The lowest BCUT2D eigenvalue weighted by Crippen LogP contribution is -2.30. The number of benzene rings is 2. The molecule has 106 valence electrons. The molecule has 1 heterocycles. The van der Waals surface area contributed by atoms with Gasteiger partial charge in [0, 0.05) is 22.8 Å². The van der Waals surface area contributed by atoms with Crippen LogP contribution in [0, 0.1) is 0 Å². The highest BCUT2D eigenvalue weighted by molar-refractivity contribution is 6.30. The summed E-state index contributed by atoms with van der Waals surface area (Å²) in [6.45, 7) is 0. The number of hydrogen-bond donors (Lipinski definition) is 2. The van der Waals surface area contributed by atoms with Crippen LogP contribution in [0.15, 0.2) is 48.5 Å². The Labute approximate surface area is 127 Å². The number of halogens is 1. The van der Waals surface area contributed by atoms with E-state index in [1.165, 1.54) is 0 Å². The van der Waals surface area contributed by atoms with Crippen LogP contribution in [-0.4, -0.2) is 11.8 Å². The Kier molecular flexibility index (Phi) is 3.62. The fourth-order valence-corrected chi connectivity index (χ4v) is 2.53. The highest BCUT2D eigenvalue weighted by Gasteiger charge is 2.30. The van der Waals surface area contributed by atoms with Gasteiger partial charge in [-0.3, -0.25) is 9.59 Å². The molecule has 2 aromatic carbocycles. The number of anilines is 2. The molecule has 0 saturated carbocycles. The first-order valence-electron chi connectivity index (χ1n) is 6.59. The lowest BCUT2D eigenvalue weighted by atomic mass is 9.90. The maximum absolute atomic E-state index is 12.4. The van der Waals surface area contributed by atoms with Crippen molar-refractivity contribution in [2.45, 2.75) is 12.3 Å². The molecular weight excluding hydrogens is 288 g/mol. The van der Waals surface area contributed by atoms with Gasteiger partial charge in [0.2, 0.25) is 11.8 Å². The number of hydrogen-bond acceptors (Lipinski definition) is 2. The third-order valence-electron chi connectivity index (χ3n) is 3.43. The Morgan fingerprint density at radius 3 is 2.62 bits per heavy atom. The van der Waals surface area contributed by atoms with Crippen LogP contribution in [0.3, 0.4) is 0 Å². The molecule has 2 aromatic rings. The number of carbonyl (C=O) groups is 2. The second kappa shape index (κ2) is 5.58. The molecule has 21 heavy (non-hydrogen) atoms. The van der Waals surface area contributed by atoms with Crippen LogP contribution < -0.4 is 10.6 Å². The molecule has 0 bridgehead atoms. The molecule has 4 nitrogen and oxygen atoms in total. The van der Waals surface area contributed by atoms with Gasteiger partial charge >= 0.3 is 0 Å². The molecule has 2 amide bonds. The minimum Gasteiger partial charge on any atom is -0.326 e. The van der Waals surface area contributed by atoms with E-state index in [9.17, 15) is 9.59 Å². The number of fused-ring (bicyclic) bond motifs is 1. The molecule has 0 unspecified atom stereocenters. The van der Waals surface area contributed by atoms with E-state index in [4.69, 9.17) is 11.6 Å². The normalized spacial score (nSPS) is 16.8. The van der Waals surface area contributed by atoms with Crippen molar-refractivity contribution >= 4 is 34.8 Å². The van der Waals surface area contributed by atoms with Gasteiger partial charge in [-0.25, -0.2) is 0 Å². The second-order valence-electron chi connectivity index (χ2n) is 4.89. The van der Waals surface area contributed by atoms with E-state index in [0.717, 1.165) is 5.56 Å². The molecule has 3 rings (SSSR count). The van der Waals surface area contributed by atoms with E-state index in [1.54, 1.807) is 30.3 Å². The van der Waals surface area contributed by atoms with Crippen LogP contribution in [0.5, 0.6) is 0 Å². The number of rotatable bonds is 2. The Balaban J connectivity index is 1.84. The van der Waals surface area contributed by atoms with E-state index < -0.39 is 5.92 Å². The molecule has 0 saturated heterocycles. The molecule has 0 fully saturated rings. The number of para-hydroxylation sites is 1. The zero-order valence-electron chi connectivity index (χ0n) is 11.1. The van der Waals surface area contributed by atoms with E-state index >= 15 is 0 Å². The van der Waals surface area contributed by atoms with Gasteiger partial charge < -0.3 is 10.6 Å². The monoisotopic (exact) mass is 300 g/mol. The van der Waals surface area contributed by atoms with Gasteiger partial charge in [-0.1, -0.05) is 29.8 Å². The van der Waals surface area contributed by atoms with Crippen molar-refractivity contribution in [2.24, 2.45) is 0 Å². The first kappa shape index (κ1) is 13.6. The maximum atomic E-state index is 12.4. The van der Waals surface area contributed by atoms with Gasteiger partial charge in [0.05, 0.1) is 5.92 Å². The van der Waals surface area contributed by atoms with Gasteiger partial charge in [-0.05, 0) is 35.9 Å². The molecule has 1 aliphatic heterocycles. The highest BCUT2D eigenvalue weighted by Crippen LogP contribution is 2.32. The van der Waals surface area contributed by atoms with Crippen molar-refractivity contribution in [1.29, 1.82) is 0 Å². The van der Waals surface area contributed by atoms with E-state index in [0.29, 0.717) is 16.4 Å². The lowest BCUT2D eigenvalue weighted by Gasteiger charge is -2.24. The van der Waals surface area contributed by atoms with Crippen LogP contribution >= 0.6 is 11.6 Å². The van der Waals surface area contributed by atoms with Crippen LogP contribution in [0.4, 0.5) is 11.4 Å². The number of amides is 2. The van der Waals surface area contributed by atoms with E-state index in [2.05, 4.69) is 10.6 Å². The predicted octanol–water partition coefficient (Wildman–Crippen LogP) is 3.40. The summed E-state index contributed by atoms with van der Waals surface area (Å²) in [4.78, 5) is 24.2. The summed E-state index contributed by atoms with van der Waals surface area (Å²) < 4.78 is 0. The third kappa shape index (κ3) is 2.90. The van der Waals surface area contributed by atoms with Crippen molar-refractivity contribution in [2.75, 3.05) is 10.6 Å². The fourth-order valence-electron chi connectivity index (χ4n) is 2.41. The van der Waals surface area contributed by atoms with Gasteiger partial charge in [-0.15, -0.1) is 0 Å². The molecule has 2 N–H and O–H groups in total.